The number of piperidine rings is 1. The number of likely N-dealkylation sites (tertiary alicyclic amines) is 1. The van der Waals surface area contributed by atoms with Crippen molar-refractivity contribution in [1.82, 2.24) is 14.5 Å². The fraction of sp³-hybridized carbons (Fsp3) is 0.304. The number of rotatable bonds is 6. The van der Waals surface area contributed by atoms with Crippen molar-refractivity contribution in [3.8, 4) is 0 Å². The molecule has 2 N–H and O–H groups in total. The van der Waals surface area contributed by atoms with E-state index in [2.05, 4.69) is 43.3 Å². The number of aliphatic hydroxyl groups is 1. The molecule has 0 radical (unpaired) electrons. The van der Waals surface area contributed by atoms with Gasteiger partial charge in [-0.05, 0) is 48.7 Å². The second-order valence-electron chi connectivity index (χ2n) is 8.12. The molecule has 168 valence electrons. The molecule has 0 unspecified atom stereocenters. The van der Waals surface area contributed by atoms with E-state index in [0.717, 1.165) is 24.1 Å². The summed E-state index contributed by atoms with van der Waals surface area (Å²) in [5, 5.41) is 15.0. The smallest absolute Gasteiger partial charge is 0.255 e. The molecule has 1 aromatic heterocycles. The van der Waals surface area contributed by atoms with Crippen LogP contribution in [0.15, 0.2) is 64.1 Å². The van der Waals surface area contributed by atoms with Gasteiger partial charge in [-0.15, -0.1) is 0 Å². The summed E-state index contributed by atoms with van der Waals surface area (Å²) in [5.41, 5.74) is 0.763. The average Bonchev–Trinajstić information content (AvgIpc) is 2.76. The van der Waals surface area contributed by atoms with Crippen molar-refractivity contribution in [2.75, 3.05) is 18.4 Å². The fourth-order valence-electron chi connectivity index (χ4n) is 3.79. The molecule has 0 aliphatic carbocycles. The van der Waals surface area contributed by atoms with Crippen molar-refractivity contribution < 1.29 is 5.11 Å². The monoisotopic (exact) mass is 536 g/mol. The lowest BCUT2D eigenvalue weighted by molar-refractivity contribution is -0.0365. The predicted molar refractivity (Wildman–Crippen MR) is 132 cm³/mol. The van der Waals surface area contributed by atoms with Gasteiger partial charge < -0.3 is 10.4 Å². The topological polar surface area (TPSA) is 70.4 Å². The Balaban J connectivity index is 1.35. The summed E-state index contributed by atoms with van der Waals surface area (Å²) in [6.07, 6.45) is 2.66. The zero-order chi connectivity index (χ0) is 22.7. The second-order valence-corrected chi connectivity index (χ2v) is 9.85. The summed E-state index contributed by atoms with van der Waals surface area (Å²) in [4.78, 5) is 19.2. The highest BCUT2D eigenvalue weighted by atomic mass is 79.9. The molecule has 1 saturated heterocycles. The van der Waals surface area contributed by atoms with Crippen molar-refractivity contribution in [2.45, 2.75) is 31.5 Å². The summed E-state index contributed by atoms with van der Waals surface area (Å²) in [6.45, 7) is 2.61. The van der Waals surface area contributed by atoms with Crippen LogP contribution in [0.3, 0.4) is 0 Å². The minimum absolute atomic E-state index is 0.220. The molecule has 4 rings (SSSR count). The van der Waals surface area contributed by atoms with Crippen LogP contribution in [0.2, 0.25) is 10.0 Å². The predicted octanol–water partition coefficient (Wildman–Crippen LogP) is 5.08. The van der Waals surface area contributed by atoms with Crippen LogP contribution < -0.4 is 10.9 Å². The molecule has 0 bridgehead atoms. The third kappa shape index (κ3) is 5.91. The second kappa shape index (κ2) is 9.93. The Hall–Kier alpha value is -1.90. The van der Waals surface area contributed by atoms with E-state index in [1.807, 2.05) is 12.1 Å². The van der Waals surface area contributed by atoms with Crippen LogP contribution in [-0.2, 0) is 13.1 Å². The average molecular weight is 538 g/mol. The molecule has 0 saturated carbocycles. The first-order valence-corrected chi connectivity index (χ1v) is 11.8. The third-order valence-electron chi connectivity index (χ3n) is 5.64. The van der Waals surface area contributed by atoms with Crippen LogP contribution in [0.4, 0.5) is 11.5 Å². The van der Waals surface area contributed by atoms with Crippen molar-refractivity contribution in [3.05, 3.63) is 85.3 Å². The van der Waals surface area contributed by atoms with Gasteiger partial charge in [-0.2, -0.15) is 0 Å². The van der Waals surface area contributed by atoms with E-state index >= 15 is 0 Å². The highest BCUT2D eigenvalue weighted by Gasteiger charge is 2.33. The van der Waals surface area contributed by atoms with Gasteiger partial charge in [-0.25, -0.2) is 4.98 Å². The Morgan fingerprint density at radius 3 is 2.44 bits per heavy atom. The van der Waals surface area contributed by atoms with Crippen LogP contribution in [0.1, 0.15) is 18.4 Å². The van der Waals surface area contributed by atoms with Crippen LogP contribution in [0, 0.1) is 0 Å². The fourth-order valence-corrected chi connectivity index (χ4v) is 4.35. The zero-order valence-corrected chi connectivity index (χ0v) is 20.4. The number of nitrogens with zero attached hydrogens (tertiary/aromatic N) is 3. The van der Waals surface area contributed by atoms with Crippen LogP contribution in [-0.4, -0.2) is 38.2 Å². The van der Waals surface area contributed by atoms with Crippen molar-refractivity contribution in [1.29, 1.82) is 0 Å². The summed E-state index contributed by atoms with van der Waals surface area (Å²) in [7, 11) is 0. The van der Waals surface area contributed by atoms with Crippen LogP contribution in [0.5, 0.6) is 0 Å². The van der Waals surface area contributed by atoms with Gasteiger partial charge in [-0.3, -0.25) is 14.3 Å². The molecule has 1 aliphatic rings. The first kappa shape index (κ1) is 23.3. The summed E-state index contributed by atoms with van der Waals surface area (Å²) in [5.74, 6) is 0.404. The molecule has 2 heterocycles. The number of aromatic nitrogens is 2. The molecule has 9 heteroatoms. The van der Waals surface area contributed by atoms with E-state index in [9.17, 15) is 9.90 Å². The normalized spacial score (nSPS) is 16.1. The van der Waals surface area contributed by atoms with Gasteiger partial charge in [-0.1, -0.05) is 51.3 Å². The van der Waals surface area contributed by atoms with Gasteiger partial charge in [0.25, 0.3) is 5.56 Å². The van der Waals surface area contributed by atoms with E-state index < -0.39 is 5.60 Å². The number of nitrogens with one attached hydrogen (secondary N) is 1. The Labute approximate surface area is 204 Å². The Kier molecular flexibility index (Phi) is 7.22. The highest BCUT2D eigenvalue weighted by Crippen LogP contribution is 2.27. The van der Waals surface area contributed by atoms with Crippen molar-refractivity contribution >= 4 is 50.6 Å². The lowest BCUT2D eigenvalue weighted by Gasteiger charge is -2.38. The maximum atomic E-state index is 12.6. The van der Waals surface area contributed by atoms with Crippen LogP contribution >= 0.6 is 39.1 Å². The minimum Gasteiger partial charge on any atom is -0.388 e. The van der Waals surface area contributed by atoms with Gasteiger partial charge in [0, 0.05) is 35.9 Å². The molecular formula is C23H23BrCl2N4O2. The maximum Gasteiger partial charge on any atom is 0.255 e. The molecule has 2 aromatic carbocycles. The van der Waals surface area contributed by atoms with Crippen LogP contribution in [0.25, 0.3) is 0 Å². The molecule has 0 atom stereocenters. The summed E-state index contributed by atoms with van der Waals surface area (Å²) >= 11 is 15.4. The number of benzene rings is 2. The number of anilines is 2. The Morgan fingerprint density at radius 1 is 1.06 bits per heavy atom. The van der Waals surface area contributed by atoms with E-state index in [1.165, 1.54) is 22.5 Å². The molecule has 3 aromatic rings. The quantitative estimate of drug-likeness (QED) is 0.458. The summed E-state index contributed by atoms with van der Waals surface area (Å²) < 4.78 is 2.52. The maximum absolute atomic E-state index is 12.6. The van der Waals surface area contributed by atoms with E-state index in [-0.39, 0.29) is 12.1 Å². The van der Waals surface area contributed by atoms with E-state index in [0.29, 0.717) is 34.4 Å². The zero-order valence-electron chi connectivity index (χ0n) is 17.3. The lowest BCUT2D eigenvalue weighted by atomic mass is 9.91. The largest absolute Gasteiger partial charge is 0.388 e. The van der Waals surface area contributed by atoms with Gasteiger partial charge in [0.1, 0.15) is 5.82 Å². The summed E-state index contributed by atoms with van der Waals surface area (Å²) in [6, 6.07) is 14.8. The standard InChI is InChI=1S/C23H23BrCl2N4O2/c24-17-3-1-16(2-4-17)13-29-9-7-23(32,8-10-29)14-30-15-27-21(12-22(30)31)28-18-5-6-19(25)20(26)11-18/h1-6,11-12,15,28,32H,7-10,13-14H2. The van der Waals surface area contributed by atoms with E-state index in [4.69, 9.17) is 23.2 Å². The molecule has 0 amide bonds. The van der Waals surface area contributed by atoms with E-state index in [1.54, 1.807) is 18.2 Å². The minimum atomic E-state index is -0.930. The van der Waals surface area contributed by atoms with Gasteiger partial charge in [0.05, 0.1) is 28.5 Å². The Bertz CT molecular complexity index is 1150. The van der Waals surface area contributed by atoms with Gasteiger partial charge in [0.15, 0.2) is 0 Å². The van der Waals surface area contributed by atoms with Crippen molar-refractivity contribution in [3.63, 3.8) is 0 Å². The van der Waals surface area contributed by atoms with Crippen molar-refractivity contribution in [2.24, 2.45) is 0 Å². The molecule has 32 heavy (non-hydrogen) atoms. The first-order valence-electron chi connectivity index (χ1n) is 10.3. The molecule has 6 nitrogen and oxygen atoms in total. The van der Waals surface area contributed by atoms with Gasteiger partial charge >= 0.3 is 0 Å². The molecule has 1 fully saturated rings. The molecular weight excluding hydrogens is 515 g/mol. The number of hydrogen-bond acceptors (Lipinski definition) is 5. The molecule has 0 spiro atoms. The SMILES string of the molecule is O=c1cc(Nc2ccc(Cl)c(Cl)c2)ncn1CC1(O)CCN(Cc2ccc(Br)cc2)CC1. The Morgan fingerprint density at radius 2 is 1.78 bits per heavy atom. The highest BCUT2D eigenvalue weighted by molar-refractivity contribution is 9.10. The first-order chi connectivity index (χ1) is 15.3. The molecule has 1 aliphatic heterocycles. The third-order valence-corrected chi connectivity index (χ3v) is 6.91. The van der Waals surface area contributed by atoms with Gasteiger partial charge in [0.2, 0.25) is 0 Å². The number of hydrogen-bond donors (Lipinski definition) is 2. The lowest BCUT2D eigenvalue weighted by Crippen LogP contribution is -2.47. The number of halogens is 3.